The average molecular weight is 187 g/mol. The highest BCUT2D eigenvalue weighted by atomic mass is 16.5. The van der Waals surface area contributed by atoms with Crippen LogP contribution in [0.3, 0.4) is 0 Å². The van der Waals surface area contributed by atoms with Gasteiger partial charge in [0.1, 0.15) is 0 Å². The van der Waals surface area contributed by atoms with Crippen LogP contribution in [0.4, 0.5) is 0 Å². The van der Waals surface area contributed by atoms with Crippen molar-refractivity contribution in [2.75, 3.05) is 20.3 Å². The summed E-state index contributed by atoms with van der Waals surface area (Å²) in [5.74, 6) is 0. The Morgan fingerprint density at radius 2 is 2.23 bits per heavy atom. The normalized spacial score (nSPS) is 33.0. The van der Waals surface area contributed by atoms with Crippen molar-refractivity contribution in [1.82, 2.24) is 5.32 Å². The lowest BCUT2D eigenvalue weighted by Gasteiger charge is -2.47. The summed E-state index contributed by atoms with van der Waals surface area (Å²) in [6, 6.07) is 0. The average Bonchev–Trinajstić information content (AvgIpc) is 2.08. The van der Waals surface area contributed by atoms with Gasteiger partial charge in [-0.2, -0.15) is 0 Å². The quantitative estimate of drug-likeness (QED) is 0.649. The van der Waals surface area contributed by atoms with Crippen LogP contribution in [-0.2, 0) is 4.74 Å². The molecule has 0 unspecified atom stereocenters. The maximum absolute atomic E-state index is 8.94. The topological polar surface area (TPSA) is 41.5 Å². The molecule has 0 saturated heterocycles. The van der Waals surface area contributed by atoms with Crippen LogP contribution in [0.15, 0.2) is 0 Å². The van der Waals surface area contributed by atoms with Gasteiger partial charge in [-0.1, -0.05) is 6.92 Å². The van der Waals surface area contributed by atoms with Crippen LogP contribution in [-0.4, -0.2) is 37.0 Å². The monoisotopic (exact) mass is 187 g/mol. The van der Waals surface area contributed by atoms with Crippen LogP contribution >= 0.6 is 0 Å². The van der Waals surface area contributed by atoms with E-state index in [1.165, 1.54) is 0 Å². The third kappa shape index (κ3) is 2.66. The van der Waals surface area contributed by atoms with Crippen molar-refractivity contribution < 1.29 is 9.84 Å². The highest BCUT2D eigenvalue weighted by molar-refractivity contribution is 5.01. The maximum Gasteiger partial charge on any atom is 0.0606 e. The van der Waals surface area contributed by atoms with Crippen LogP contribution < -0.4 is 5.32 Å². The number of hydrogen-bond acceptors (Lipinski definition) is 3. The van der Waals surface area contributed by atoms with Crippen LogP contribution in [0.1, 0.15) is 32.6 Å². The SMILES string of the molecule is CCCNC1(CCO)CC(OC)C1. The Morgan fingerprint density at radius 3 is 2.69 bits per heavy atom. The molecule has 0 atom stereocenters. The van der Waals surface area contributed by atoms with Crippen molar-refractivity contribution in [2.45, 2.75) is 44.2 Å². The van der Waals surface area contributed by atoms with E-state index >= 15 is 0 Å². The molecule has 1 rings (SSSR count). The lowest BCUT2D eigenvalue weighted by atomic mass is 9.72. The number of hydrogen-bond donors (Lipinski definition) is 2. The van der Waals surface area contributed by atoms with Gasteiger partial charge in [0.25, 0.3) is 0 Å². The van der Waals surface area contributed by atoms with E-state index in [0.717, 1.165) is 32.2 Å². The standard InChI is InChI=1S/C10H21NO2/c1-3-5-11-10(4-6-12)7-9(8-10)13-2/h9,11-12H,3-8H2,1-2H3. The van der Waals surface area contributed by atoms with Crippen LogP contribution in [0, 0.1) is 0 Å². The van der Waals surface area contributed by atoms with Gasteiger partial charge in [-0.15, -0.1) is 0 Å². The molecule has 0 aromatic rings. The molecule has 0 radical (unpaired) electrons. The zero-order chi connectivity index (χ0) is 9.73. The Morgan fingerprint density at radius 1 is 1.54 bits per heavy atom. The molecule has 2 N–H and O–H groups in total. The highest BCUT2D eigenvalue weighted by Gasteiger charge is 2.43. The Labute approximate surface area is 80.5 Å². The molecule has 0 bridgehead atoms. The van der Waals surface area contributed by atoms with Gasteiger partial charge in [0, 0.05) is 19.3 Å². The van der Waals surface area contributed by atoms with Crippen LogP contribution in [0.25, 0.3) is 0 Å². The molecule has 78 valence electrons. The summed E-state index contributed by atoms with van der Waals surface area (Å²) in [4.78, 5) is 0. The van der Waals surface area contributed by atoms with E-state index in [4.69, 9.17) is 9.84 Å². The Kier molecular flexibility index (Phi) is 4.16. The molecule has 0 aliphatic heterocycles. The zero-order valence-electron chi connectivity index (χ0n) is 8.68. The van der Waals surface area contributed by atoms with Crippen LogP contribution in [0.5, 0.6) is 0 Å². The number of rotatable bonds is 6. The minimum absolute atomic E-state index is 0.172. The fourth-order valence-corrected chi connectivity index (χ4v) is 2.02. The van der Waals surface area contributed by atoms with Crippen molar-refractivity contribution in [2.24, 2.45) is 0 Å². The van der Waals surface area contributed by atoms with Crippen LogP contribution in [0.2, 0.25) is 0 Å². The molecule has 0 aromatic carbocycles. The lowest BCUT2D eigenvalue weighted by Crippen LogP contribution is -2.58. The van der Waals surface area contributed by atoms with E-state index in [2.05, 4.69) is 12.2 Å². The molecule has 13 heavy (non-hydrogen) atoms. The second-order valence-corrected chi connectivity index (χ2v) is 3.95. The first-order valence-corrected chi connectivity index (χ1v) is 5.15. The zero-order valence-corrected chi connectivity index (χ0v) is 8.68. The highest BCUT2D eigenvalue weighted by Crippen LogP contribution is 2.36. The van der Waals surface area contributed by atoms with Crippen molar-refractivity contribution in [3.63, 3.8) is 0 Å². The lowest BCUT2D eigenvalue weighted by molar-refractivity contribution is -0.0389. The number of aliphatic hydroxyl groups is 1. The molecule has 0 heterocycles. The Bertz CT molecular complexity index is 138. The maximum atomic E-state index is 8.94. The second-order valence-electron chi connectivity index (χ2n) is 3.95. The van der Waals surface area contributed by atoms with Crippen molar-refractivity contribution in [3.8, 4) is 0 Å². The summed E-state index contributed by atoms with van der Waals surface area (Å²) in [5, 5.41) is 12.5. The van der Waals surface area contributed by atoms with E-state index in [1.54, 1.807) is 7.11 Å². The van der Waals surface area contributed by atoms with Crippen molar-refractivity contribution >= 4 is 0 Å². The molecule has 1 saturated carbocycles. The first kappa shape index (κ1) is 11.0. The molecule has 1 aliphatic carbocycles. The van der Waals surface area contributed by atoms with Gasteiger partial charge >= 0.3 is 0 Å². The summed E-state index contributed by atoms with van der Waals surface area (Å²) < 4.78 is 5.25. The second kappa shape index (κ2) is 4.94. The molecular formula is C10H21NO2. The molecule has 1 fully saturated rings. The number of ether oxygens (including phenoxy) is 1. The van der Waals surface area contributed by atoms with E-state index < -0.39 is 0 Å². The number of nitrogens with one attached hydrogen (secondary N) is 1. The molecular weight excluding hydrogens is 166 g/mol. The first-order chi connectivity index (χ1) is 6.26. The molecule has 0 amide bonds. The van der Waals surface area contributed by atoms with Crippen molar-refractivity contribution in [1.29, 1.82) is 0 Å². The van der Waals surface area contributed by atoms with Gasteiger partial charge in [0.2, 0.25) is 0 Å². The van der Waals surface area contributed by atoms with Gasteiger partial charge in [-0.25, -0.2) is 0 Å². The Balaban J connectivity index is 2.30. The summed E-state index contributed by atoms with van der Waals surface area (Å²) in [5.41, 5.74) is 0.172. The summed E-state index contributed by atoms with van der Waals surface area (Å²) in [6.07, 6.45) is 4.49. The van der Waals surface area contributed by atoms with E-state index in [-0.39, 0.29) is 12.1 Å². The molecule has 3 heteroatoms. The molecule has 1 aliphatic rings. The Hall–Kier alpha value is -0.120. The van der Waals surface area contributed by atoms with Crippen molar-refractivity contribution in [3.05, 3.63) is 0 Å². The summed E-state index contributed by atoms with van der Waals surface area (Å²) in [7, 11) is 1.76. The first-order valence-electron chi connectivity index (χ1n) is 5.15. The minimum Gasteiger partial charge on any atom is -0.396 e. The van der Waals surface area contributed by atoms with Gasteiger partial charge < -0.3 is 15.2 Å². The molecule has 3 nitrogen and oxygen atoms in total. The minimum atomic E-state index is 0.172. The smallest absolute Gasteiger partial charge is 0.0606 e. The molecule has 0 aromatic heterocycles. The predicted molar refractivity (Wildman–Crippen MR) is 52.8 cm³/mol. The third-order valence-electron chi connectivity index (χ3n) is 2.91. The number of methoxy groups -OCH3 is 1. The van der Waals surface area contributed by atoms with Gasteiger partial charge in [-0.3, -0.25) is 0 Å². The molecule has 0 spiro atoms. The van der Waals surface area contributed by atoms with E-state index in [9.17, 15) is 0 Å². The third-order valence-corrected chi connectivity index (χ3v) is 2.91. The van der Waals surface area contributed by atoms with Gasteiger partial charge in [-0.05, 0) is 32.2 Å². The summed E-state index contributed by atoms with van der Waals surface area (Å²) in [6.45, 7) is 3.47. The van der Waals surface area contributed by atoms with E-state index in [0.29, 0.717) is 6.10 Å². The number of aliphatic hydroxyl groups excluding tert-OH is 1. The van der Waals surface area contributed by atoms with Gasteiger partial charge in [0.05, 0.1) is 6.10 Å². The largest absolute Gasteiger partial charge is 0.396 e. The fourth-order valence-electron chi connectivity index (χ4n) is 2.02. The fraction of sp³-hybridized carbons (Fsp3) is 1.00. The van der Waals surface area contributed by atoms with Gasteiger partial charge in [0.15, 0.2) is 0 Å². The van der Waals surface area contributed by atoms with E-state index in [1.807, 2.05) is 0 Å². The predicted octanol–water partition coefficient (Wildman–Crippen LogP) is 0.916. The summed E-state index contributed by atoms with van der Waals surface area (Å²) >= 11 is 0.